The summed E-state index contributed by atoms with van der Waals surface area (Å²) in [6.45, 7) is 3.36. The Labute approximate surface area is 170 Å². The largest absolute Gasteiger partial charge is 0.452 e. The number of esters is 1. The Morgan fingerprint density at radius 1 is 1.07 bits per heavy atom. The molecule has 1 heterocycles. The summed E-state index contributed by atoms with van der Waals surface area (Å²) in [5.74, 6) is -0.356. The number of nitrogens with zero attached hydrogens (tertiary/aromatic N) is 1. The van der Waals surface area contributed by atoms with Crippen molar-refractivity contribution < 1.29 is 14.3 Å². The summed E-state index contributed by atoms with van der Waals surface area (Å²) < 4.78 is 5.35. The summed E-state index contributed by atoms with van der Waals surface area (Å²) in [6, 6.07) is 17.6. The molecule has 0 radical (unpaired) electrons. The predicted octanol–water partition coefficient (Wildman–Crippen LogP) is 4.28. The number of rotatable bonds is 6. The fraction of sp³-hybridized carbons (Fsp3) is 0.292. The maximum atomic E-state index is 12.7. The van der Waals surface area contributed by atoms with E-state index in [9.17, 15) is 9.59 Å². The van der Waals surface area contributed by atoms with Crippen LogP contribution in [0.3, 0.4) is 0 Å². The van der Waals surface area contributed by atoms with E-state index in [4.69, 9.17) is 4.74 Å². The lowest BCUT2D eigenvalue weighted by atomic mass is 10.0. The van der Waals surface area contributed by atoms with E-state index in [0.29, 0.717) is 17.2 Å². The van der Waals surface area contributed by atoms with Gasteiger partial charge in [0.2, 0.25) is 0 Å². The predicted molar refractivity (Wildman–Crippen MR) is 112 cm³/mol. The topological polar surface area (TPSA) is 68.3 Å². The molecule has 1 aromatic heterocycles. The second kappa shape index (κ2) is 8.03. The molecule has 1 N–H and O–H groups in total. The van der Waals surface area contributed by atoms with Crippen molar-refractivity contribution in [1.82, 2.24) is 10.3 Å². The zero-order valence-electron chi connectivity index (χ0n) is 16.6. The van der Waals surface area contributed by atoms with Crippen molar-refractivity contribution in [2.24, 2.45) is 5.92 Å². The van der Waals surface area contributed by atoms with Crippen LogP contribution >= 0.6 is 0 Å². The number of hydrogen-bond donors (Lipinski definition) is 1. The number of aryl methyl sites for hydroxylation is 2. The molecule has 29 heavy (non-hydrogen) atoms. The number of benzene rings is 2. The van der Waals surface area contributed by atoms with Crippen LogP contribution in [0.15, 0.2) is 54.6 Å². The molecule has 0 bridgehead atoms. The number of carbonyl (C=O) groups is 2. The molecule has 1 atom stereocenters. The maximum absolute atomic E-state index is 12.7. The van der Waals surface area contributed by atoms with Gasteiger partial charge in [0, 0.05) is 5.39 Å². The first-order valence-electron chi connectivity index (χ1n) is 9.92. The summed E-state index contributed by atoms with van der Waals surface area (Å²) in [7, 11) is 0. The van der Waals surface area contributed by atoms with Gasteiger partial charge >= 0.3 is 5.97 Å². The Bertz CT molecular complexity index is 1060. The van der Waals surface area contributed by atoms with E-state index < -0.39 is 5.97 Å². The minimum Gasteiger partial charge on any atom is -0.452 e. The third kappa shape index (κ3) is 4.14. The maximum Gasteiger partial charge on any atom is 0.340 e. The van der Waals surface area contributed by atoms with Crippen LogP contribution in [-0.4, -0.2) is 23.5 Å². The van der Waals surface area contributed by atoms with Crippen molar-refractivity contribution in [1.29, 1.82) is 0 Å². The Morgan fingerprint density at radius 2 is 1.76 bits per heavy atom. The van der Waals surface area contributed by atoms with E-state index in [1.165, 1.54) is 0 Å². The Hall–Kier alpha value is -3.21. The van der Waals surface area contributed by atoms with Crippen LogP contribution in [0.2, 0.25) is 0 Å². The molecular weight excluding hydrogens is 364 g/mol. The molecule has 5 heteroatoms. The quantitative estimate of drug-likeness (QED) is 0.640. The molecule has 2 aromatic carbocycles. The number of hydrogen-bond acceptors (Lipinski definition) is 4. The minimum atomic E-state index is -0.518. The van der Waals surface area contributed by atoms with Crippen LogP contribution in [0.1, 0.15) is 46.1 Å². The first-order chi connectivity index (χ1) is 14.0. The summed E-state index contributed by atoms with van der Waals surface area (Å²) in [4.78, 5) is 29.7. The molecule has 1 aliphatic carbocycles. The second-order valence-electron chi connectivity index (χ2n) is 7.58. The molecule has 0 spiro atoms. The third-order valence-corrected chi connectivity index (χ3v) is 5.44. The van der Waals surface area contributed by atoms with Gasteiger partial charge in [-0.2, -0.15) is 0 Å². The normalized spacial score (nSPS) is 14.4. The zero-order chi connectivity index (χ0) is 20.4. The molecule has 1 fully saturated rings. The van der Waals surface area contributed by atoms with Crippen molar-refractivity contribution in [2.45, 2.75) is 32.7 Å². The van der Waals surface area contributed by atoms with Gasteiger partial charge in [0.15, 0.2) is 6.61 Å². The van der Waals surface area contributed by atoms with Crippen LogP contribution < -0.4 is 5.32 Å². The summed E-state index contributed by atoms with van der Waals surface area (Å²) in [5, 5.41) is 3.94. The van der Waals surface area contributed by atoms with E-state index in [1.807, 2.05) is 61.5 Å². The lowest BCUT2D eigenvalue weighted by Crippen LogP contribution is -2.33. The van der Waals surface area contributed by atoms with Crippen molar-refractivity contribution >= 4 is 22.8 Å². The van der Waals surface area contributed by atoms with E-state index in [2.05, 4.69) is 10.3 Å². The van der Waals surface area contributed by atoms with Gasteiger partial charge in [-0.1, -0.05) is 48.5 Å². The monoisotopic (exact) mass is 388 g/mol. The Kier molecular flexibility index (Phi) is 5.30. The van der Waals surface area contributed by atoms with E-state index >= 15 is 0 Å². The lowest BCUT2D eigenvalue weighted by Gasteiger charge is -2.19. The van der Waals surface area contributed by atoms with Gasteiger partial charge in [-0.25, -0.2) is 4.79 Å². The van der Waals surface area contributed by atoms with Crippen molar-refractivity contribution in [3.05, 3.63) is 77.0 Å². The van der Waals surface area contributed by atoms with Gasteiger partial charge < -0.3 is 10.1 Å². The van der Waals surface area contributed by atoms with Gasteiger partial charge in [-0.05, 0) is 49.8 Å². The van der Waals surface area contributed by atoms with Crippen LogP contribution in [-0.2, 0) is 9.53 Å². The highest BCUT2D eigenvalue weighted by Crippen LogP contribution is 2.40. The molecule has 1 saturated carbocycles. The molecular formula is C24H24N2O3. The number of nitrogens with one attached hydrogen (secondary N) is 1. The summed E-state index contributed by atoms with van der Waals surface area (Å²) in [6.07, 6.45) is 2.20. The van der Waals surface area contributed by atoms with E-state index in [0.717, 1.165) is 34.9 Å². The van der Waals surface area contributed by atoms with E-state index in [-0.39, 0.29) is 18.6 Å². The smallest absolute Gasteiger partial charge is 0.340 e. The SMILES string of the molecule is Cc1nc2ccccc2c(C)c1C(=O)OCC(=O)NC(c1ccccc1)C1CC1. The van der Waals surface area contributed by atoms with Crippen molar-refractivity contribution in [3.63, 3.8) is 0 Å². The highest BCUT2D eigenvalue weighted by atomic mass is 16.5. The number of amides is 1. The van der Waals surface area contributed by atoms with Crippen LogP contribution in [0.5, 0.6) is 0 Å². The fourth-order valence-electron chi connectivity index (χ4n) is 3.81. The van der Waals surface area contributed by atoms with Gasteiger partial charge in [0.1, 0.15) is 0 Å². The van der Waals surface area contributed by atoms with Gasteiger partial charge in [-0.3, -0.25) is 9.78 Å². The second-order valence-corrected chi connectivity index (χ2v) is 7.58. The Morgan fingerprint density at radius 3 is 2.48 bits per heavy atom. The minimum absolute atomic E-state index is 0.0341. The fourth-order valence-corrected chi connectivity index (χ4v) is 3.81. The zero-order valence-corrected chi connectivity index (χ0v) is 16.6. The van der Waals surface area contributed by atoms with Crippen LogP contribution in [0.4, 0.5) is 0 Å². The molecule has 1 unspecified atom stereocenters. The standard InChI is InChI=1S/C24H24N2O3/c1-15-19-10-6-7-11-20(19)25-16(2)22(15)24(28)29-14-21(27)26-23(18-12-13-18)17-8-4-3-5-9-17/h3-11,18,23H,12-14H2,1-2H3,(H,26,27). The van der Waals surface area contributed by atoms with Gasteiger partial charge in [0.05, 0.1) is 22.8 Å². The average Bonchev–Trinajstić information content (AvgIpc) is 3.56. The first kappa shape index (κ1) is 19.1. The molecule has 3 aromatic rings. The molecule has 5 nitrogen and oxygen atoms in total. The molecule has 1 amide bonds. The molecule has 0 saturated heterocycles. The average molecular weight is 388 g/mol. The summed E-state index contributed by atoms with van der Waals surface area (Å²) >= 11 is 0. The first-order valence-corrected chi connectivity index (χ1v) is 9.92. The lowest BCUT2D eigenvalue weighted by molar-refractivity contribution is -0.125. The molecule has 1 aliphatic rings. The van der Waals surface area contributed by atoms with Crippen LogP contribution in [0, 0.1) is 19.8 Å². The number of carbonyl (C=O) groups excluding carboxylic acids is 2. The Balaban J connectivity index is 1.44. The molecule has 148 valence electrons. The van der Waals surface area contributed by atoms with Gasteiger partial charge in [-0.15, -0.1) is 0 Å². The number of pyridine rings is 1. The highest BCUT2D eigenvalue weighted by molar-refractivity contribution is 5.99. The van der Waals surface area contributed by atoms with Crippen molar-refractivity contribution in [3.8, 4) is 0 Å². The van der Waals surface area contributed by atoms with Crippen molar-refractivity contribution in [2.75, 3.05) is 6.61 Å². The number of ether oxygens (including phenoxy) is 1. The molecule has 0 aliphatic heterocycles. The van der Waals surface area contributed by atoms with Crippen LogP contribution in [0.25, 0.3) is 10.9 Å². The van der Waals surface area contributed by atoms with E-state index in [1.54, 1.807) is 6.92 Å². The third-order valence-electron chi connectivity index (χ3n) is 5.44. The number of fused-ring (bicyclic) bond motifs is 1. The number of para-hydroxylation sites is 1. The highest BCUT2D eigenvalue weighted by Gasteiger charge is 2.33. The van der Waals surface area contributed by atoms with Gasteiger partial charge in [0.25, 0.3) is 5.91 Å². The summed E-state index contributed by atoms with van der Waals surface area (Å²) in [5.41, 5.74) is 3.77. The molecule has 4 rings (SSSR count). The number of aromatic nitrogens is 1.